The van der Waals surface area contributed by atoms with Crippen molar-refractivity contribution >= 4 is 5.91 Å². The van der Waals surface area contributed by atoms with Crippen LogP contribution in [0, 0.1) is 6.92 Å². The van der Waals surface area contributed by atoms with Gasteiger partial charge in [0.25, 0.3) is 5.91 Å². The predicted octanol–water partition coefficient (Wildman–Crippen LogP) is 1.64. The number of hydrogen-bond donors (Lipinski definition) is 2. The summed E-state index contributed by atoms with van der Waals surface area (Å²) in [6.45, 7) is 3.31. The predicted molar refractivity (Wildman–Crippen MR) is 59.6 cm³/mol. The van der Waals surface area contributed by atoms with Gasteiger partial charge >= 0.3 is 0 Å². The maximum Gasteiger partial charge on any atom is 0.254 e. The van der Waals surface area contributed by atoms with Crippen LogP contribution in [-0.2, 0) is 0 Å². The second-order valence-electron chi connectivity index (χ2n) is 4.16. The molecule has 4 heteroatoms. The molecule has 0 aliphatic carbocycles. The molecule has 2 rings (SSSR count). The van der Waals surface area contributed by atoms with Crippen LogP contribution < -0.4 is 0 Å². The number of phenolic OH excluding ortho intramolecular Hbond substituents is 2. The number of aromatic hydroxyl groups is 2. The standard InChI is InChI=1S/C12H15NO3/c1-8-6-10(14)11(15)7-9(8)12(16)13-4-2-3-5-13/h6-7,14-15H,2-5H2,1H3. The van der Waals surface area contributed by atoms with Crippen LogP contribution in [0.4, 0.5) is 0 Å². The van der Waals surface area contributed by atoms with E-state index in [1.807, 2.05) is 0 Å². The van der Waals surface area contributed by atoms with Crippen molar-refractivity contribution in [1.29, 1.82) is 0 Å². The molecule has 2 N–H and O–H groups in total. The lowest BCUT2D eigenvalue weighted by atomic mass is 10.1. The van der Waals surface area contributed by atoms with Gasteiger partial charge in [-0.3, -0.25) is 4.79 Å². The van der Waals surface area contributed by atoms with E-state index in [0.717, 1.165) is 25.9 Å². The molecule has 0 bridgehead atoms. The minimum Gasteiger partial charge on any atom is -0.504 e. The van der Waals surface area contributed by atoms with Crippen molar-refractivity contribution in [2.45, 2.75) is 19.8 Å². The van der Waals surface area contributed by atoms with E-state index in [-0.39, 0.29) is 17.4 Å². The van der Waals surface area contributed by atoms with E-state index in [0.29, 0.717) is 11.1 Å². The van der Waals surface area contributed by atoms with Crippen molar-refractivity contribution in [2.75, 3.05) is 13.1 Å². The number of benzene rings is 1. The summed E-state index contributed by atoms with van der Waals surface area (Å²) in [5.74, 6) is -0.492. The quantitative estimate of drug-likeness (QED) is 0.709. The van der Waals surface area contributed by atoms with E-state index in [1.165, 1.54) is 12.1 Å². The van der Waals surface area contributed by atoms with Crippen LogP contribution in [0.1, 0.15) is 28.8 Å². The number of aryl methyl sites for hydroxylation is 1. The van der Waals surface area contributed by atoms with Crippen LogP contribution >= 0.6 is 0 Å². The van der Waals surface area contributed by atoms with Gasteiger partial charge in [0.15, 0.2) is 11.5 Å². The van der Waals surface area contributed by atoms with E-state index in [2.05, 4.69) is 0 Å². The molecule has 0 radical (unpaired) electrons. The molecule has 0 saturated carbocycles. The topological polar surface area (TPSA) is 60.8 Å². The molecule has 0 aromatic heterocycles. The maximum atomic E-state index is 12.1. The first kappa shape index (κ1) is 10.8. The molecule has 1 fully saturated rings. The Labute approximate surface area is 94.1 Å². The van der Waals surface area contributed by atoms with E-state index in [9.17, 15) is 15.0 Å². The second-order valence-corrected chi connectivity index (χ2v) is 4.16. The van der Waals surface area contributed by atoms with Gasteiger partial charge in [0.1, 0.15) is 0 Å². The summed E-state index contributed by atoms with van der Waals surface area (Å²) < 4.78 is 0. The molecule has 1 aliphatic rings. The molecule has 1 aromatic rings. The monoisotopic (exact) mass is 221 g/mol. The minimum absolute atomic E-state index is 0.0645. The summed E-state index contributed by atoms with van der Waals surface area (Å²) in [6, 6.07) is 2.75. The molecule has 1 aromatic carbocycles. The average Bonchev–Trinajstić information content (AvgIpc) is 2.75. The molecule has 1 heterocycles. The van der Waals surface area contributed by atoms with Gasteiger partial charge < -0.3 is 15.1 Å². The number of rotatable bonds is 1. The Hall–Kier alpha value is -1.71. The van der Waals surface area contributed by atoms with Gasteiger partial charge in [-0.1, -0.05) is 0 Å². The number of carbonyl (C=O) groups excluding carboxylic acids is 1. The zero-order valence-electron chi connectivity index (χ0n) is 9.23. The highest BCUT2D eigenvalue weighted by Crippen LogP contribution is 2.29. The maximum absolute atomic E-state index is 12.1. The fourth-order valence-electron chi connectivity index (χ4n) is 2.00. The molecule has 0 unspecified atom stereocenters. The first-order chi connectivity index (χ1) is 7.59. The fourth-order valence-corrected chi connectivity index (χ4v) is 2.00. The molecule has 1 saturated heterocycles. The number of carbonyl (C=O) groups is 1. The molecular weight excluding hydrogens is 206 g/mol. The lowest BCUT2D eigenvalue weighted by molar-refractivity contribution is 0.0791. The van der Waals surface area contributed by atoms with Gasteiger partial charge in [-0.2, -0.15) is 0 Å². The largest absolute Gasteiger partial charge is 0.504 e. The van der Waals surface area contributed by atoms with E-state index < -0.39 is 0 Å². The molecule has 4 nitrogen and oxygen atoms in total. The molecular formula is C12H15NO3. The van der Waals surface area contributed by atoms with Crippen LogP contribution in [0.2, 0.25) is 0 Å². The van der Waals surface area contributed by atoms with Crippen molar-refractivity contribution in [1.82, 2.24) is 4.90 Å². The van der Waals surface area contributed by atoms with Gasteiger partial charge in [-0.25, -0.2) is 0 Å². The van der Waals surface area contributed by atoms with Crippen LogP contribution in [0.15, 0.2) is 12.1 Å². The Morgan fingerprint density at radius 3 is 2.38 bits per heavy atom. The highest BCUT2D eigenvalue weighted by atomic mass is 16.3. The van der Waals surface area contributed by atoms with Crippen molar-refractivity contribution in [2.24, 2.45) is 0 Å². The third-order valence-corrected chi connectivity index (χ3v) is 2.95. The smallest absolute Gasteiger partial charge is 0.254 e. The van der Waals surface area contributed by atoms with Crippen LogP contribution in [0.25, 0.3) is 0 Å². The summed E-state index contributed by atoms with van der Waals surface area (Å²) in [7, 11) is 0. The van der Waals surface area contributed by atoms with Gasteiger partial charge in [0.2, 0.25) is 0 Å². The lowest BCUT2D eigenvalue weighted by Gasteiger charge is -2.17. The summed E-state index contributed by atoms with van der Waals surface area (Å²) in [5.41, 5.74) is 1.16. The van der Waals surface area contributed by atoms with Crippen LogP contribution in [0.5, 0.6) is 11.5 Å². The molecule has 16 heavy (non-hydrogen) atoms. The molecule has 0 spiro atoms. The Morgan fingerprint density at radius 1 is 1.19 bits per heavy atom. The highest BCUT2D eigenvalue weighted by molar-refractivity contribution is 5.96. The normalized spacial score (nSPS) is 15.4. The lowest BCUT2D eigenvalue weighted by Crippen LogP contribution is -2.28. The average molecular weight is 221 g/mol. The molecule has 86 valence electrons. The van der Waals surface area contributed by atoms with E-state index in [4.69, 9.17) is 0 Å². The third-order valence-electron chi connectivity index (χ3n) is 2.95. The molecule has 1 aliphatic heterocycles. The zero-order chi connectivity index (χ0) is 11.7. The Balaban J connectivity index is 2.32. The van der Waals surface area contributed by atoms with Gasteiger partial charge in [-0.05, 0) is 37.5 Å². The summed E-state index contributed by atoms with van der Waals surface area (Å²) in [6.07, 6.45) is 2.07. The fraction of sp³-hybridized carbons (Fsp3) is 0.417. The number of hydrogen-bond acceptors (Lipinski definition) is 3. The molecule has 0 atom stereocenters. The summed E-state index contributed by atoms with van der Waals surface area (Å²) >= 11 is 0. The first-order valence-electron chi connectivity index (χ1n) is 5.41. The van der Waals surface area contributed by atoms with Crippen molar-refractivity contribution in [3.8, 4) is 11.5 Å². The van der Waals surface area contributed by atoms with Crippen molar-refractivity contribution in [3.63, 3.8) is 0 Å². The number of amides is 1. The molecule has 1 amide bonds. The van der Waals surface area contributed by atoms with Crippen LogP contribution in [0.3, 0.4) is 0 Å². The van der Waals surface area contributed by atoms with Gasteiger partial charge in [-0.15, -0.1) is 0 Å². The Bertz CT molecular complexity index is 423. The zero-order valence-corrected chi connectivity index (χ0v) is 9.23. The van der Waals surface area contributed by atoms with Gasteiger partial charge in [0, 0.05) is 18.7 Å². The Morgan fingerprint density at radius 2 is 1.75 bits per heavy atom. The SMILES string of the molecule is Cc1cc(O)c(O)cc1C(=O)N1CCCC1. The van der Waals surface area contributed by atoms with Crippen molar-refractivity contribution in [3.05, 3.63) is 23.3 Å². The highest BCUT2D eigenvalue weighted by Gasteiger charge is 2.21. The second kappa shape index (κ2) is 4.04. The Kier molecular flexibility index (Phi) is 2.73. The van der Waals surface area contributed by atoms with E-state index in [1.54, 1.807) is 11.8 Å². The van der Waals surface area contributed by atoms with Crippen molar-refractivity contribution < 1.29 is 15.0 Å². The van der Waals surface area contributed by atoms with Gasteiger partial charge in [0.05, 0.1) is 0 Å². The van der Waals surface area contributed by atoms with E-state index >= 15 is 0 Å². The first-order valence-corrected chi connectivity index (χ1v) is 5.41. The number of phenols is 2. The third kappa shape index (κ3) is 1.83. The number of likely N-dealkylation sites (tertiary alicyclic amines) is 1. The minimum atomic E-state index is -0.242. The summed E-state index contributed by atoms with van der Waals surface area (Å²) in [5, 5.41) is 18.7. The van der Waals surface area contributed by atoms with Crippen LogP contribution in [-0.4, -0.2) is 34.1 Å². The number of nitrogens with zero attached hydrogens (tertiary/aromatic N) is 1. The summed E-state index contributed by atoms with van der Waals surface area (Å²) in [4.78, 5) is 13.8.